The third-order valence-corrected chi connectivity index (χ3v) is 7.32. The lowest BCUT2D eigenvalue weighted by Crippen LogP contribution is -2.38. The van der Waals surface area contributed by atoms with Gasteiger partial charge in [-0.05, 0) is 49.1 Å². The van der Waals surface area contributed by atoms with E-state index in [1.54, 1.807) is 7.11 Å². The van der Waals surface area contributed by atoms with Crippen molar-refractivity contribution in [3.8, 4) is 5.75 Å². The van der Waals surface area contributed by atoms with Gasteiger partial charge in [0.2, 0.25) is 0 Å². The Morgan fingerprint density at radius 3 is 2.73 bits per heavy atom. The number of aryl methyl sites for hydroxylation is 2. The van der Waals surface area contributed by atoms with Crippen LogP contribution in [-0.4, -0.2) is 11.7 Å². The van der Waals surface area contributed by atoms with Crippen LogP contribution in [0.15, 0.2) is 80.4 Å². The molecule has 3 heterocycles. The van der Waals surface area contributed by atoms with Crippen molar-refractivity contribution in [2.24, 2.45) is 4.99 Å². The Morgan fingerprint density at radius 1 is 1.09 bits per heavy atom. The number of nitrogens with zero attached hydrogens (tertiary/aromatic N) is 2. The predicted octanol–water partition coefficient (Wildman–Crippen LogP) is 4.23. The van der Waals surface area contributed by atoms with Gasteiger partial charge in [-0.25, -0.2) is 4.99 Å². The molecule has 2 aromatic heterocycles. The van der Waals surface area contributed by atoms with Gasteiger partial charge in [-0.15, -0.1) is 0 Å². The average Bonchev–Trinajstić information content (AvgIpc) is 3.40. The molecule has 5 nitrogen and oxygen atoms in total. The number of aromatic nitrogens is 1. The molecule has 6 heteroatoms. The highest BCUT2D eigenvalue weighted by Gasteiger charge is 2.33. The second-order valence-electron chi connectivity index (χ2n) is 8.30. The quantitative estimate of drug-likeness (QED) is 0.466. The molecule has 164 valence electrons. The number of rotatable bonds is 3. The molecule has 0 unspecified atom stereocenters. The first-order valence-corrected chi connectivity index (χ1v) is 11.8. The summed E-state index contributed by atoms with van der Waals surface area (Å²) in [6.07, 6.45) is 3.58. The first-order valence-electron chi connectivity index (χ1n) is 11.0. The standard InChI is InChI=1S/C27H22N2O3S/c1-16-11-13-18(32-16)15-23-26(30)29-25(20-9-5-6-10-22(20)31-2)21-14-12-17-7-3-4-8-19(17)24(21)28-27(29)33-23/h3-11,13,15,25H,12,14H2,1-2H3/b23-15-/t25-/m1/s1. The molecule has 0 radical (unpaired) electrons. The fourth-order valence-corrected chi connectivity index (χ4v) is 5.83. The van der Waals surface area contributed by atoms with E-state index in [2.05, 4.69) is 24.3 Å². The maximum atomic E-state index is 13.7. The molecular weight excluding hydrogens is 432 g/mol. The summed E-state index contributed by atoms with van der Waals surface area (Å²) in [4.78, 5) is 19.4. The summed E-state index contributed by atoms with van der Waals surface area (Å²) in [6, 6.07) is 19.9. The monoisotopic (exact) mass is 454 g/mol. The Balaban J connectivity index is 1.66. The van der Waals surface area contributed by atoms with Crippen LogP contribution >= 0.6 is 11.3 Å². The van der Waals surface area contributed by atoms with Crippen molar-refractivity contribution < 1.29 is 9.15 Å². The predicted molar refractivity (Wildman–Crippen MR) is 129 cm³/mol. The summed E-state index contributed by atoms with van der Waals surface area (Å²) in [7, 11) is 1.67. The Bertz CT molecular complexity index is 1600. The van der Waals surface area contributed by atoms with Gasteiger partial charge >= 0.3 is 0 Å². The number of hydrogen-bond donors (Lipinski definition) is 0. The minimum atomic E-state index is -0.263. The molecule has 4 aromatic rings. The van der Waals surface area contributed by atoms with Crippen molar-refractivity contribution in [1.29, 1.82) is 0 Å². The third-order valence-electron chi connectivity index (χ3n) is 6.34. The van der Waals surface area contributed by atoms with Crippen molar-refractivity contribution in [2.45, 2.75) is 25.8 Å². The molecule has 6 rings (SSSR count). The molecule has 0 bridgehead atoms. The largest absolute Gasteiger partial charge is 0.496 e. The van der Waals surface area contributed by atoms with Gasteiger partial charge in [0.15, 0.2) is 4.80 Å². The molecular formula is C27H22N2O3S. The topological polar surface area (TPSA) is 56.7 Å². The Hall–Kier alpha value is -3.64. The minimum Gasteiger partial charge on any atom is -0.496 e. The van der Waals surface area contributed by atoms with Crippen molar-refractivity contribution in [2.75, 3.05) is 7.11 Å². The lowest BCUT2D eigenvalue weighted by Gasteiger charge is -2.31. The van der Waals surface area contributed by atoms with Crippen LogP contribution in [0.2, 0.25) is 0 Å². The second kappa shape index (κ2) is 7.74. The average molecular weight is 455 g/mol. The fourth-order valence-electron chi connectivity index (χ4n) is 4.85. The summed E-state index contributed by atoms with van der Waals surface area (Å²) in [5.74, 6) is 2.25. The molecule has 0 saturated carbocycles. The zero-order valence-corrected chi connectivity index (χ0v) is 19.2. The summed E-state index contributed by atoms with van der Waals surface area (Å²) in [6.45, 7) is 1.89. The van der Waals surface area contributed by atoms with Gasteiger partial charge < -0.3 is 9.15 Å². The fraction of sp³-hybridized carbons (Fsp3) is 0.185. The minimum absolute atomic E-state index is 0.0610. The number of methoxy groups -OCH3 is 1. The van der Waals surface area contributed by atoms with Gasteiger partial charge in [0.05, 0.1) is 23.4 Å². The van der Waals surface area contributed by atoms with Crippen LogP contribution in [0.1, 0.15) is 40.7 Å². The van der Waals surface area contributed by atoms with E-state index in [0.717, 1.165) is 46.7 Å². The SMILES string of the molecule is COc1ccccc1[C@@H]1C2=C(N=c3s/c(=C\c4ccc(C)o4)c(=O)n31)c1ccccc1CC2. The summed E-state index contributed by atoms with van der Waals surface area (Å²) < 4.78 is 13.9. The van der Waals surface area contributed by atoms with E-state index in [9.17, 15) is 4.79 Å². The van der Waals surface area contributed by atoms with Crippen molar-refractivity contribution in [3.63, 3.8) is 0 Å². The van der Waals surface area contributed by atoms with E-state index in [1.165, 1.54) is 16.9 Å². The van der Waals surface area contributed by atoms with Crippen LogP contribution in [0.5, 0.6) is 5.75 Å². The smallest absolute Gasteiger partial charge is 0.271 e. The van der Waals surface area contributed by atoms with E-state index in [-0.39, 0.29) is 11.6 Å². The van der Waals surface area contributed by atoms with Crippen LogP contribution in [0, 0.1) is 6.92 Å². The van der Waals surface area contributed by atoms with Gasteiger partial charge in [-0.3, -0.25) is 9.36 Å². The molecule has 1 atom stereocenters. The maximum absolute atomic E-state index is 13.7. The van der Waals surface area contributed by atoms with Gasteiger partial charge in [-0.1, -0.05) is 53.8 Å². The lowest BCUT2D eigenvalue weighted by atomic mass is 9.83. The molecule has 1 aliphatic carbocycles. The first kappa shape index (κ1) is 20.0. The normalized spacial score (nSPS) is 17.3. The summed E-state index contributed by atoms with van der Waals surface area (Å²) in [5.41, 5.74) is 5.50. The molecule has 0 saturated heterocycles. The lowest BCUT2D eigenvalue weighted by molar-refractivity contribution is 0.402. The van der Waals surface area contributed by atoms with E-state index in [0.29, 0.717) is 15.1 Å². The first-order chi connectivity index (χ1) is 16.1. The molecule has 2 aromatic carbocycles. The number of hydrogen-bond acceptors (Lipinski definition) is 5. The van der Waals surface area contributed by atoms with Crippen LogP contribution in [0.3, 0.4) is 0 Å². The molecule has 1 aliphatic heterocycles. The van der Waals surface area contributed by atoms with Crippen LogP contribution < -0.4 is 19.6 Å². The summed E-state index contributed by atoms with van der Waals surface area (Å²) >= 11 is 1.40. The number of fused-ring (bicyclic) bond motifs is 3. The highest BCUT2D eigenvalue weighted by Crippen LogP contribution is 2.43. The van der Waals surface area contributed by atoms with E-state index in [1.807, 2.05) is 54.0 Å². The summed E-state index contributed by atoms with van der Waals surface area (Å²) in [5, 5.41) is 0. The Kier molecular flexibility index (Phi) is 4.69. The van der Waals surface area contributed by atoms with Gasteiger partial charge in [0.25, 0.3) is 5.56 Å². The molecule has 0 fully saturated rings. The molecule has 0 amide bonds. The van der Waals surface area contributed by atoms with E-state index in [4.69, 9.17) is 14.1 Å². The van der Waals surface area contributed by atoms with Crippen LogP contribution in [-0.2, 0) is 6.42 Å². The number of thiazole rings is 1. The zero-order valence-electron chi connectivity index (χ0n) is 18.4. The Labute approximate surface area is 194 Å². The van der Waals surface area contributed by atoms with E-state index >= 15 is 0 Å². The highest BCUT2D eigenvalue weighted by atomic mass is 32.1. The molecule has 0 N–H and O–H groups in total. The number of ether oxygens (including phenoxy) is 1. The van der Waals surface area contributed by atoms with Crippen molar-refractivity contribution >= 4 is 23.1 Å². The number of benzene rings is 2. The number of furan rings is 1. The molecule has 2 aliphatic rings. The second-order valence-corrected chi connectivity index (χ2v) is 9.31. The third kappa shape index (κ3) is 3.21. The zero-order chi connectivity index (χ0) is 22.5. The van der Waals surface area contributed by atoms with Crippen LogP contribution in [0.25, 0.3) is 11.8 Å². The Morgan fingerprint density at radius 2 is 1.91 bits per heavy atom. The van der Waals surface area contributed by atoms with E-state index < -0.39 is 0 Å². The van der Waals surface area contributed by atoms with Crippen molar-refractivity contribution in [3.05, 3.63) is 114 Å². The molecule has 33 heavy (non-hydrogen) atoms. The van der Waals surface area contributed by atoms with Gasteiger partial charge in [-0.2, -0.15) is 0 Å². The van der Waals surface area contributed by atoms with Gasteiger partial charge in [0, 0.05) is 17.2 Å². The van der Waals surface area contributed by atoms with Crippen LogP contribution in [0.4, 0.5) is 0 Å². The van der Waals surface area contributed by atoms with Crippen molar-refractivity contribution in [1.82, 2.24) is 4.57 Å². The maximum Gasteiger partial charge on any atom is 0.271 e. The number of allylic oxidation sites excluding steroid dienone is 1. The number of para-hydroxylation sites is 1. The highest BCUT2D eigenvalue weighted by molar-refractivity contribution is 7.07. The molecule has 0 spiro atoms. The van der Waals surface area contributed by atoms with Gasteiger partial charge in [0.1, 0.15) is 17.3 Å².